The van der Waals surface area contributed by atoms with Gasteiger partial charge in [0.2, 0.25) is 17.7 Å². The molecule has 8 atom stereocenters. The van der Waals surface area contributed by atoms with Crippen LogP contribution in [0.3, 0.4) is 0 Å². The van der Waals surface area contributed by atoms with E-state index in [2.05, 4.69) is 75.2 Å². The molecule has 8 aliphatic heterocycles. The summed E-state index contributed by atoms with van der Waals surface area (Å²) in [5.41, 5.74) is 5.54. The number of aromatic nitrogens is 10. The number of piperidine rings is 8. The summed E-state index contributed by atoms with van der Waals surface area (Å²) in [5, 5.41) is 18.2. The molecule has 8 aliphatic carbocycles. The number of carboxylic acids is 1. The Hall–Kier alpha value is -6.77. The van der Waals surface area contributed by atoms with Crippen LogP contribution in [-0.4, -0.2) is 166 Å². The van der Waals surface area contributed by atoms with Gasteiger partial charge in [-0.15, -0.1) is 0 Å². The summed E-state index contributed by atoms with van der Waals surface area (Å²) in [6.07, 6.45) is 36.0. The van der Waals surface area contributed by atoms with Gasteiger partial charge in [-0.25, -0.2) is 49.8 Å². The number of carbonyl (C=O) groups is 4. The number of methoxy groups -OCH3 is 4. The third-order valence-electron chi connectivity index (χ3n) is 23.0. The van der Waals surface area contributed by atoms with Gasteiger partial charge in [-0.05, 0) is 164 Å². The maximum absolute atomic E-state index is 13.3. The van der Waals surface area contributed by atoms with E-state index in [1.54, 1.807) is 82.0 Å². The van der Waals surface area contributed by atoms with Crippen LogP contribution in [-0.2, 0) is 28.7 Å². The minimum atomic E-state index is -0.612. The van der Waals surface area contributed by atoms with E-state index >= 15 is 0 Å². The molecule has 6 aromatic heterocycles. The van der Waals surface area contributed by atoms with Crippen LogP contribution < -0.4 is 59.4 Å². The first-order valence-electron chi connectivity index (χ1n) is 34.2. The van der Waals surface area contributed by atoms with Crippen molar-refractivity contribution in [3.8, 4) is 11.8 Å². The smallest absolute Gasteiger partial charge is 0.870 e. The van der Waals surface area contributed by atoms with Crippen molar-refractivity contribution < 1.29 is 73.0 Å². The fourth-order valence-corrected chi connectivity index (χ4v) is 20.5. The van der Waals surface area contributed by atoms with Gasteiger partial charge in [-0.1, -0.05) is 65.4 Å². The summed E-state index contributed by atoms with van der Waals surface area (Å²) in [7, 11) is 6.17. The SMILES string of the molecule is C.COC(=O)C12CC3CC(C1)N(c1cnc(Cl)cn1)C(C3)C2.COC(=O)C12CC3CC(C1)NC(C3)C2.COc1ccc(N)cn1.COc1ccc(NC(=O)C23CC4CC(C2)N(c2cnc(Cl)cn2)C(C4)C3)cn1.Clc1cnc(Cl)cn1.O.O=C(O)C12CC3CC(C1)N(c1cnc(Cl)cn1)C(C3)C2.[Li+].[OH-]. The van der Waals surface area contributed by atoms with Crippen LogP contribution in [0.4, 0.5) is 28.8 Å². The maximum Gasteiger partial charge on any atom is 1.00 e. The van der Waals surface area contributed by atoms with Crippen molar-refractivity contribution in [2.45, 2.75) is 184 Å². The summed E-state index contributed by atoms with van der Waals surface area (Å²) >= 11 is 28.3. The molecule has 33 heteroatoms. The third kappa shape index (κ3) is 17.3. The van der Waals surface area contributed by atoms with Crippen molar-refractivity contribution >= 4 is 111 Å². The van der Waals surface area contributed by atoms with Gasteiger partial charge in [0.1, 0.15) is 43.2 Å². The summed E-state index contributed by atoms with van der Waals surface area (Å²) < 4.78 is 19.9. The van der Waals surface area contributed by atoms with Crippen molar-refractivity contribution in [1.82, 2.24) is 55.2 Å². The molecular formula is C71H90Cl5LiN16O11. The summed E-state index contributed by atoms with van der Waals surface area (Å²) in [6, 6.07) is 10.2. The Labute approximate surface area is 642 Å². The van der Waals surface area contributed by atoms with Gasteiger partial charge in [-0.3, -0.25) is 19.2 Å². The van der Waals surface area contributed by atoms with Gasteiger partial charge in [0, 0.05) is 60.5 Å². The number of nitrogens with one attached hydrogen (secondary N) is 2. The number of pyridine rings is 2. The molecule has 8 saturated carbocycles. The number of hydrogen-bond acceptors (Lipinski definition) is 24. The molecule has 0 radical (unpaired) electrons. The Kier molecular flexibility index (Phi) is 26.6. The molecule has 27 nitrogen and oxygen atoms in total. The van der Waals surface area contributed by atoms with E-state index in [9.17, 15) is 24.3 Å². The van der Waals surface area contributed by atoms with Crippen molar-refractivity contribution in [2.75, 3.05) is 54.2 Å². The van der Waals surface area contributed by atoms with Gasteiger partial charge < -0.3 is 66.1 Å². The van der Waals surface area contributed by atoms with E-state index in [0.29, 0.717) is 103 Å². The molecule has 8 N–H and O–H groups in total. The predicted octanol–water partition coefficient (Wildman–Crippen LogP) is 8.28. The zero-order chi connectivity index (χ0) is 70.3. The second kappa shape index (κ2) is 34.0. The number of amides is 1. The zero-order valence-corrected chi connectivity index (χ0v) is 61.9. The quantitative estimate of drug-likeness (QED) is 0.0740. The fourth-order valence-electron chi connectivity index (χ4n) is 20.0. The van der Waals surface area contributed by atoms with Gasteiger partial charge >= 0.3 is 36.8 Å². The first kappa shape index (κ1) is 81.3. The summed E-state index contributed by atoms with van der Waals surface area (Å²) in [4.78, 5) is 97.1. The number of ether oxygens (including phenoxy) is 4. The number of nitrogen functional groups attached to an aromatic ring is 1. The molecule has 16 bridgehead atoms. The number of nitrogens with zero attached hydrogens (tertiary/aromatic N) is 13. The Balaban J connectivity index is 0.000000150. The van der Waals surface area contributed by atoms with Crippen molar-refractivity contribution in [3.63, 3.8) is 0 Å². The molecule has 8 saturated heterocycles. The second-order valence-electron chi connectivity index (χ2n) is 29.3. The van der Waals surface area contributed by atoms with E-state index in [1.165, 1.54) is 39.5 Å². The number of carboxylic acid groups (broad SMARTS) is 1. The number of rotatable bonds is 10. The largest absolute Gasteiger partial charge is 1.00 e. The zero-order valence-electron chi connectivity index (χ0n) is 58.1. The molecule has 0 spiro atoms. The summed E-state index contributed by atoms with van der Waals surface area (Å²) in [6.45, 7) is 0. The molecular weight excluding hydrogens is 1440 g/mol. The Morgan fingerprint density at radius 1 is 0.452 bits per heavy atom. The van der Waals surface area contributed by atoms with Crippen LogP contribution in [0.5, 0.6) is 11.8 Å². The van der Waals surface area contributed by atoms with E-state index in [1.807, 2.05) is 6.07 Å². The van der Waals surface area contributed by atoms with Crippen LogP contribution >= 0.6 is 58.0 Å². The number of anilines is 5. The van der Waals surface area contributed by atoms with Gasteiger partial charge in [0.05, 0.1) is 123 Å². The topological polar surface area (TPSA) is 376 Å². The molecule has 16 aliphatic rings. The Morgan fingerprint density at radius 3 is 1.10 bits per heavy atom. The Bertz CT molecular complexity index is 3790. The Morgan fingerprint density at radius 2 is 0.779 bits per heavy atom. The number of esters is 2. The number of aliphatic carboxylic acids is 1. The van der Waals surface area contributed by atoms with Crippen LogP contribution in [0, 0.1) is 45.3 Å². The summed E-state index contributed by atoms with van der Waals surface area (Å²) in [5.74, 6) is 5.78. The van der Waals surface area contributed by atoms with E-state index in [0.717, 1.165) is 139 Å². The standard InChI is InChI=1S/C20H22ClN5O2.C15H18ClN3O2.C14H16ClN3O2.C11H17NO2.C6H8N2O.C4H2Cl2N2.CH4.Li.2H2O/c1-28-18-3-2-13(9-24-18)25-19(27)20-6-12-4-14(7-20)26(15(5-12)8-20)17-11-22-16(21)10-23-17;1-21-14(20)15-4-9-2-10(5-15)19(11(3-9)6-15)13-8-17-12(16)7-18-13;15-11-6-17-12(7-16-11)18-9-1-8-2-10(18)5-14(3-8,4-9)13(19)20;1-14-10(13)11-4-7-2-8(5-11)12-9(3-7)6-11;1-9-6-3-2-5(7)4-8-6;5-3-1-7-4(6)2-8-3;;;;/h2-3,9-12,14-15H,4-8H2,1H3,(H,25,27);7-11H,2-6H2,1H3;6-10H,1-5H2,(H,19,20);7-9,12H,2-6H2,1H3;2-4H,7H2,1H3;1-2H;1H4;;2*1H2/q;;;;;;;+1;;/p-1. The molecule has 6 aromatic rings. The first-order chi connectivity index (χ1) is 48.1. The van der Waals surface area contributed by atoms with E-state index < -0.39 is 11.4 Å². The van der Waals surface area contributed by atoms with Gasteiger partial charge in [-0.2, -0.15) is 0 Å². The first-order valence-corrected chi connectivity index (χ1v) is 36.1. The average molecular weight is 1530 g/mol. The van der Waals surface area contributed by atoms with Crippen LogP contribution in [0.15, 0.2) is 86.2 Å². The van der Waals surface area contributed by atoms with Crippen molar-refractivity contribution in [2.24, 2.45) is 45.3 Å². The number of nitrogens with two attached hydrogens (primary N) is 1. The molecule has 1 amide bonds. The fraction of sp³-hybridized carbons (Fsp3) is 0.577. The molecule has 104 heavy (non-hydrogen) atoms. The number of carbonyl (C=O) groups excluding carboxylic acids is 3. The van der Waals surface area contributed by atoms with E-state index in [-0.39, 0.29) is 83.4 Å². The monoisotopic (exact) mass is 1520 g/mol. The van der Waals surface area contributed by atoms with Crippen molar-refractivity contribution in [1.29, 1.82) is 0 Å². The third-order valence-corrected chi connectivity index (χ3v) is 24.0. The molecule has 556 valence electrons. The normalized spacial score (nSPS) is 31.1. The molecule has 22 rings (SSSR count). The molecule has 16 fully saturated rings. The molecule has 14 heterocycles. The van der Waals surface area contributed by atoms with Gasteiger partial charge in [0.15, 0.2) is 0 Å². The van der Waals surface area contributed by atoms with Gasteiger partial charge in [0.25, 0.3) is 0 Å². The minimum Gasteiger partial charge on any atom is -0.870 e. The van der Waals surface area contributed by atoms with Crippen LogP contribution in [0.2, 0.25) is 25.8 Å². The number of hydrogen-bond donors (Lipinski definition) is 4. The second-order valence-corrected chi connectivity index (χ2v) is 31.3. The minimum absolute atomic E-state index is 0. The van der Waals surface area contributed by atoms with E-state index in [4.69, 9.17) is 82.7 Å². The van der Waals surface area contributed by atoms with Crippen molar-refractivity contribution in [3.05, 3.63) is 112 Å². The van der Waals surface area contributed by atoms with Crippen LogP contribution in [0.1, 0.15) is 136 Å². The number of halogens is 5. The molecule has 0 aromatic carbocycles. The van der Waals surface area contributed by atoms with Crippen LogP contribution in [0.25, 0.3) is 0 Å². The predicted molar refractivity (Wildman–Crippen MR) is 389 cm³/mol. The molecule has 8 unspecified atom stereocenters. The maximum atomic E-state index is 13.3. The average Bonchev–Trinajstić information content (AvgIpc) is 0.731.